The maximum Gasteiger partial charge on any atom is 0.419 e. The van der Waals surface area contributed by atoms with Crippen LogP contribution in [0.5, 0.6) is 5.75 Å². The standard InChI is InChI=1S/C11H9F3O2/c1-3-9(15)7-5-4-6-8(10(7)16-2)11(12,13)14/h3-6H,1H2,2H3. The fourth-order valence-corrected chi connectivity index (χ4v) is 1.28. The fraction of sp³-hybridized carbons (Fsp3) is 0.182. The van der Waals surface area contributed by atoms with Crippen LogP contribution in [0.25, 0.3) is 0 Å². The van der Waals surface area contributed by atoms with E-state index in [2.05, 4.69) is 11.3 Å². The van der Waals surface area contributed by atoms with Crippen LogP contribution in [0, 0.1) is 0 Å². The highest BCUT2D eigenvalue weighted by molar-refractivity contribution is 6.06. The highest BCUT2D eigenvalue weighted by Gasteiger charge is 2.35. The van der Waals surface area contributed by atoms with Gasteiger partial charge in [0.1, 0.15) is 5.75 Å². The normalized spacial score (nSPS) is 11.0. The maximum atomic E-state index is 12.6. The number of methoxy groups -OCH3 is 1. The summed E-state index contributed by atoms with van der Waals surface area (Å²) in [6.07, 6.45) is -3.61. The predicted octanol–water partition coefficient (Wildman–Crippen LogP) is 3.08. The van der Waals surface area contributed by atoms with Crippen molar-refractivity contribution in [2.75, 3.05) is 7.11 Å². The van der Waals surface area contributed by atoms with E-state index < -0.39 is 23.3 Å². The second-order valence-electron chi connectivity index (χ2n) is 2.95. The van der Waals surface area contributed by atoms with Gasteiger partial charge in [0, 0.05) is 0 Å². The first-order chi connectivity index (χ1) is 7.41. The summed E-state index contributed by atoms with van der Waals surface area (Å²) in [7, 11) is 1.09. The summed E-state index contributed by atoms with van der Waals surface area (Å²) >= 11 is 0. The molecule has 16 heavy (non-hydrogen) atoms. The lowest BCUT2D eigenvalue weighted by Crippen LogP contribution is -2.10. The molecular weight excluding hydrogens is 221 g/mol. The zero-order chi connectivity index (χ0) is 12.3. The average molecular weight is 230 g/mol. The minimum absolute atomic E-state index is 0.146. The van der Waals surface area contributed by atoms with Crippen LogP contribution in [0.4, 0.5) is 13.2 Å². The summed E-state index contributed by atoms with van der Waals surface area (Å²) in [6, 6.07) is 3.28. The number of ketones is 1. The fourth-order valence-electron chi connectivity index (χ4n) is 1.28. The number of alkyl halides is 3. The maximum absolute atomic E-state index is 12.6. The zero-order valence-electron chi connectivity index (χ0n) is 8.47. The topological polar surface area (TPSA) is 26.3 Å². The Kier molecular flexibility index (Phi) is 3.37. The van der Waals surface area contributed by atoms with Gasteiger partial charge in [-0.15, -0.1) is 0 Å². The van der Waals surface area contributed by atoms with Gasteiger partial charge in [-0.3, -0.25) is 4.79 Å². The van der Waals surface area contributed by atoms with Gasteiger partial charge in [-0.2, -0.15) is 13.2 Å². The van der Waals surface area contributed by atoms with Crippen LogP contribution in [-0.4, -0.2) is 12.9 Å². The third-order valence-electron chi connectivity index (χ3n) is 1.98. The van der Waals surface area contributed by atoms with Gasteiger partial charge in [0.25, 0.3) is 0 Å². The molecule has 0 saturated heterocycles. The molecule has 86 valence electrons. The number of hydrogen-bond donors (Lipinski definition) is 0. The van der Waals surface area contributed by atoms with Crippen LogP contribution in [-0.2, 0) is 6.18 Å². The number of rotatable bonds is 3. The van der Waals surface area contributed by atoms with E-state index in [0.29, 0.717) is 0 Å². The molecule has 0 aliphatic carbocycles. The van der Waals surface area contributed by atoms with E-state index in [1.54, 1.807) is 0 Å². The monoisotopic (exact) mass is 230 g/mol. The summed E-state index contributed by atoms with van der Waals surface area (Å²) in [5.41, 5.74) is -1.12. The third kappa shape index (κ3) is 2.24. The van der Waals surface area contributed by atoms with Gasteiger partial charge in [-0.25, -0.2) is 0 Å². The Morgan fingerprint density at radius 1 is 1.44 bits per heavy atom. The highest BCUT2D eigenvalue weighted by Crippen LogP contribution is 2.38. The molecule has 1 aromatic carbocycles. The molecule has 0 aliphatic heterocycles. The largest absolute Gasteiger partial charge is 0.495 e. The Labute approximate surface area is 90.3 Å². The van der Waals surface area contributed by atoms with E-state index in [0.717, 1.165) is 25.3 Å². The van der Waals surface area contributed by atoms with Crippen molar-refractivity contribution >= 4 is 5.78 Å². The summed E-state index contributed by atoms with van der Waals surface area (Å²) < 4.78 is 42.3. The minimum atomic E-state index is -4.55. The van der Waals surface area contributed by atoms with Gasteiger partial charge in [-0.05, 0) is 18.2 Å². The molecule has 1 rings (SSSR count). The molecule has 0 aromatic heterocycles. The first-order valence-electron chi connectivity index (χ1n) is 4.32. The quantitative estimate of drug-likeness (QED) is 0.589. The lowest BCUT2D eigenvalue weighted by molar-refractivity contribution is -0.138. The third-order valence-corrected chi connectivity index (χ3v) is 1.98. The molecule has 1 aromatic rings. The second kappa shape index (κ2) is 4.38. The molecule has 0 fully saturated rings. The van der Waals surface area contributed by atoms with E-state index in [9.17, 15) is 18.0 Å². The van der Waals surface area contributed by atoms with Crippen molar-refractivity contribution in [3.8, 4) is 5.75 Å². The van der Waals surface area contributed by atoms with Gasteiger partial charge in [0.15, 0.2) is 5.78 Å². The summed E-state index contributed by atoms with van der Waals surface area (Å²) in [5.74, 6) is -1.08. The van der Waals surface area contributed by atoms with E-state index in [1.165, 1.54) is 6.07 Å². The molecule has 0 atom stereocenters. The number of carbonyl (C=O) groups is 1. The van der Waals surface area contributed by atoms with Crippen LogP contribution in [0.15, 0.2) is 30.9 Å². The Morgan fingerprint density at radius 2 is 2.06 bits per heavy atom. The van der Waals surface area contributed by atoms with Crippen molar-refractivity contribution in [1.82, 2.24) is 0 Å². The smallest absolute Gasteiger partial charge is 0.419 e. The van der Waals surface area contributed by atoms with Gasteiger partial charge in [0.05, 0.1) is 18.2 Å². The Morgan fingerprint density at radius 3 is 2.50 bits per heavy atom. The highest BCUT2D eigenvalue weighted by atomic mass is 19.4. The van der Waals surface area contributed by atoms with Crippen molar-refractivity contribution in [2.24, 2.45) is 0 Å². The molecule has 0 amide bonds. The number of para-hydroxylation sites is 1. The number of benzene rings is 1. The van der Waals surface area contributed by atoms with Gasteiger partial charge < -0.3 is 4.74 Å². The summed E-state index contributed by atoms with van der Waals surface area (Å²) in [5, 5.41) is 0. The predicted molar refractivity (Wildman–Crippen MR) is 52.5 cm³/mol. The summed E-state index contributed by atoms with van der Waals surface area (Å²) in [6.45, 7) is 3.22. The van der Waals surface area contributed by atoms with Gasteiger partial charge in [0.2, 0.25) is 0 Å². The van der Waals surface area contributed by atoms with Crippen LogP contribution in [0.1, 0.15) is 15.9 Å². The van der Waals surface area contributed by atoms with Crippen molar-refractivity contribution in [3.63, 3.8) is 0 Å². The Balaban J connectivity index is 3.43. The molecule has 0 radical (unpaired) electrons. The molecule has 5 heteroatoms. The molecule has 2 nitrogen and oxygen atoms in total. The van der Waals surface area contributed by atoms with Crippen LogP contribution >= 0.6 is 0 Å². The van der Waals surface area contributed by atoms with Crippen LogP contribution in [0.2, 0.25) is 0 Å². The number of carbonyl (C=O) groups excluding carboxylic acids is 1. The van der Waals surface area contributed by atoms with Crippen molar-refractivity contribution in [3.05, 3.63) is 42.0 Å². The molecule has 0 bridgehead atoms. The van der Waals surface area contributed by atoms with Gasteiger partial charge >= 0.3 is 6.18 Å². The Hall–Kier alpha value is -1.78. The van der Waals surface area contributed by atoms with E-state index >= 15 is 0 Å². The number of allylic oxidation sites excluding steroid dienone is 1. The molecule has 0 saturated carbocycles. The first kappa shape index (κ1) is 12.3. The molecule has 0 spiro atoms. The zero-order valence-corrected chi connectivity index (χ0v) is 8.47. The summed E-state index contributed by atoms with van der Waals surface area (Å²) in [4.78, 5) is 11.3. The SMILES string of the molecule is C=CC(=O)c1cccc(C(F)(F)F)c1OC. The van der Waals surface area contributed by atoms with Crippen LogP contribution < -0.4 is 4.74 Å². The minimum Gasteiger partial charge on any atom is -0.495 e. The number of hydrogen-bond acceptors (Lipinski definition) is 2. The van der Waals surface area contributed by atoms with Gasteiger partial charge in [-0.1, -0.05) is 12.6 Å². The van der Waals surface area contributed by atoms with Crippen molar-refractivity contribution in [1.29, 1.82) is 0 Å². The van der Waals surface area contributed by atoms with E-state index in [1.807, 2.05) is 0 Å². The van der Waals surface area contributed by atoms with E-state index in [4.69, 9.17) is 0 Å². The van der Waals surface area contributed by atoms with Crippen molar-refractivity contribution < 1.29 is 22.7 Å². The van der Waals surface area contributed by atoms with Crippen LogP contribution in [0.3, 0.4) is 0 Å². The van der Waals surface area contributed by atoms with E-state index in [-0.39, 0.29) is 5.56 Å². The molecule has 0 heterocycles. The number of ether oxygens (including phenoxy) is 1. The molecule has 0 N–H and O–H groups in total. The Bertz CT molecular complexity index is 422. The lowest BCUT2D eigenvalue weighted by atomic mass is 10.0. The first-order valence-corrected chi connectivity index (χ1v) is 4.32. The molecule has 0 unspecified atom stereocenters. The lowest BCUT2D eigenvalue weighted by Gasteiger charge is -2.14. The molecular formula is C11H9F3O2. The second-order valence-corrected chi connectivity index (χ2v) is 2.95. The van der Waals surface area contributed by atoms with Crippen molar-refractivity contribution in [2.45, 2.75) is 6.18 Å². The number of halogens is 3. The molecule has 0 aliphatic rings. The average Bonchev–Trinajstić information content (AvgIpc) is 2.25.